The number of thioether (sulfide) groups is 1. The first-order chi connectivity index (χ1) is 14.4. The number of fused-ring (bicyclic) bond motifs is 1. The van der Waals surface area contributed by atoms with E-state index in [1.54, 1.807) is 12.1 Å². The first-order valence-electron chi connectivity index (χ1n) is 10.4. The van der Waals surface area contributed by atoms with Gasteiger partial charge < -0.3 is 15.0 Å². The van der Waals surface area contributed by atoms with Crippen LogP contribution in [0.5, 0.6) is 0 Å². The van der Waals surface area contributed by atoms with Crippen molar-refractivity contribution in [2.24, 2.45) is 0 Å². The Morgan fingerprint density at radius 2 is 2.00 bits per heavy atom. The van der Waals surface area contributed by atoms with Crippen LogP contribution < -0.4 is 10.2 Å². The van der Waals surface area contributed by atoms with Gasteiger partial charge in [0.15, 0.2) is 0 Å². The number of piperidine rings is 1. The summed E-state index contributed by atoms with van der Waals surface area (Å²) in [6.07, 6.45) is 3.44. The zero-order valence-corrected chi connectivity index (χ0v) is 18.9. The summed E-state index contributed by atoms with van der Waals surface area (Å²) in [6.45, 7) is 4.47. The number of rotatable bonds is 9. The summed E-state index contributed by atoms with van der Waals surface area (Å²) < 4.78 is 32.8. The molecule has 10 heteroatoms. The zero-order valence-electron chi connectivity index (χ0n) is 17.3. The lowest BCUT2D eigenvalue weighted by atomic mass is 10.2. The summed E-state index contributed by atoms with van der Waals surface area (Å²) in [7, 11) is -3.62. The van der Waals surface area contributed by atoms with Gasteiger partial charge in [-0.1, -0.05) is 6.42 Å². The van der Waals surface area contributed by atoms with Gasteiger partial charge in [-0.15, -0.1) is 11.8 Å². The van der Waals surface area contributed by atoms with E-state index in [9.17, 15) is 18.0 Å². The molecule has 2 aliphatic heterocycles. The lowest BCUT2D eigenvalue weighted by Crippen LogP contribution is -2.43. The number of carbonyl (C=O) groups is 2. The molecule has 1 N–H and O–H groups in total. The minimum absolute atomic E-state index is 0.131. The monoisotopic (exact) mass is 455 g/mol. The summed E-state index contributed by atoms with van der Waals surface area (Å²) in [5, 5.41) is 2.79. The molecule has 0 unspecified atom stereocenters. The summed E-state index contributed by atoms with van der Waals surface area (Å²) in [5.74, 6) is -0.255. The molecule has 1 fully saturated rings. The Kier molecular flexibility index (Phi) is 8.15. The van der Waals surface area contributed by atoms with Crippen LogP contribution in [-0.2, 0) is 24.3 Å². The van der Waals surface area contributed by atoms with Gasteiger partial charge in [0, 0.05) is 37.7 Å². The summed E-state index contributed by atoms with van der Waals surface area (Å²) >= 11 is 1.36. The lowest BCUT2D eigenvalue weighted by Gasteiger charge is -2.30. The van der Waals surface area contributed by atoms with E-state index >= 15 is 0 Å². The maximum absolute atomic E-state index is 13.0. The maximum atomic E-state index is 13.0. The van der Waals surface area contributed by atoms with Crippen molar-refractivity contribution in [1.82, 2.24) is 9.62 Å². The Morgan fingerprint density at radius 3 is 2.73 bits per heavy atom. The predicted molar refractivity (Wildman–Crippen MR) is 116 cm³/mol. The van der Waals surface area contributed by atoms with E-state index in [0.29, 0.717) is 45.0 Å². The molecule has 0 atom stereocenters. The number of anilines is 1. The molecule has 2 amide bonds. The fourth-order valence-corrected chi connectivity index (χ4v) is 5.97. The maximum Gasteiger partial charge on any atom is 0.243 e. The largest absolute Gasteiger partial charge is 0.382 e. The minimum Gasteiger partial charge on any atom is -0.382 e. The molecule has 166 valence electrons. The molecule has 0 aliphatic carbocycles. The summed E-state index contributed by atoms with van der Waals surface area (Å²) in [4.78, 5) is 27.2. The van der Waals surface area contributed by atoms with Crippen LogP contribution in [0.15, 0.2) is 28.0 Å². The molecule has 2 heterocycles. The quantitative estimate of drug-likeness (QED) is 0.571. The van der Waals surface area contributed by atoms with Gasteiger partial charge in [-0.2, -0.15) is 4.31 Å². The number of benzene rings is 1. The summed E-state index contributed by atoms with van der Waals surface area (Å²) in [6, 6.07) is 4.86. The van der Waals surface area contributed by atoms with Gasteiger partial charge >= 0.3 is 0 Å². The molecular formula is C20H29N3O5S2. The number of sulfonamides is 1. The van der Waals surface area contributed by atoms with Crippen LogP contribution in [-0.4, -0.2) is 69.7 Å². The molecule has 1 saturated heterocycles. The van der Waals surface area contributed by atoms with Gasteiger partial charge in [0.1, 0.15) is 6.54 Å². The van der Waals surface area contributed by atoms with Crippen LogP contribution in [0.3, 0.4) is 0 Å². The second-order valence-corrected chi connectivity index (χ2v) is 10.2. The first-order valence-corrected chi connectivity index (χ1v) is 12.8. The molecule has 3 rings (SSSR count). The lowest BCUT2D eigenvalue weighted by molar-refractivity contribution is -0.123. The van der Waals surface area contributed by atoms with Crippen molar-refractivity contribution in [3.8, 4) is 0 Å². The van der Waals surface area contributed by atoms with Crippen molar-refractivity contribution in [1.29, 1.82) is 0 Å². The fraction of sp³-hybridized carbons (Fsp3) is 0.600. The standard InChI is InChI=1S/C20H29N3O5S2/c1-2-28-12-6-9-21-19(24)14-23-17-13-16(7-8-18(17)29-15-20(23)25)30(26,27)22-10-4-3-5-11-22/h7-8,13H,2-6,9-12,14-15H2,1H3,(H,21,24). The topological polar surface area (TPSA) is 96.0 Å². The average molecular weight is 456 g/mol. The van der Waals surface area contributed by atoms with E-state index in [0.717, 1.165) is 24.2 Å². The number of carbonyl (C=O) groups excluding carboxylic acids is 2. The third kappa shape index (κ3) is 5.54. The molecule has 2 aliphatic rings. The molecule has 1 aromatic carbocycles. The zero-order chi connectivity index (χ0) is 21.6. The van der Waals surface area contributed by atoms with Crippen LogP contribution >= 0.6 is 11.8 Å². The number of nitrogens with one attached hydrogen (secondary N) is 1. The van der Waals surface area contributed by atoms with E-state index in [1.165, 1.54) is 27.0 Å². The van der Waals surface area contributed by atoms with Crippen molar-refractivity contribution in [2.45, 2.75) is 42.4 Å². The van der Waals surface area contributed by atoms with Crippen molar-refractivity contribution in [3.63, 3.8) is 0 Å². The summed E-state index contributed by atoms with van der Waals surface area (Å²) in [5.41, 5.74) is 0.485. The molecular weight excluding hydrogens is 426 g/mol. The van der Waals surface area contributed by atoms with E-state index in [4.69, 9.17) is 4.74 Å². The van der Waals surface area contributed by atoms with Gasteiger partial charge in [0.25, 0.3) is 0 Å². The second kappa shape index (κ2) is 10.6. The third-order valence-corrected chi connectivity index (χ3v) is 8.06. The Bertz CT molecular complexity index is 869. The molecule has 0 bridgehead atoms. The average Bonchev–Trinajstić information content (AvgIpc) is 2.76. The Hall–Kier alpha value is -1.62. The highest BCUT2D eigenvalue weighted by Gasteiger charge is 2.31. The van der Waals surface area contributed by atoms with E-state index in [-0.39, 0.29) is 29.0 Å². The minimum atomic E-state index is -3.62. The fourth-order valence-electron chi connectivity index (χ4n) is 3.52. The van der Waals surface area contributed by atoms with Crippen molar-refractivity contribution in [2.75, 3.05) is 50.0 Å². The van der Waals surface area contributed by atoms with Crippen LogP contribution in [0.4, 0.5) is 5.69 Å². The molecule has 0 radical (unpaired) electrons. The molecule has 0 aromatic heterocycles. The molecule has 0 saturated carbocycles. The highest BCUT2D eigenvalue weighted by molar-refractivity contribution is 8.00. The van der Waals surface area contributed by atoms with Crippen molar-refractivity contribution < 1.29 is 22.7 Å². The van der Waals surface area contributed by atoms with Gasteiger partial charge in [0.05, 0.1) is 16.3 Å². The Labute approximate surface area is 182 Å². The molecule has 1 aromatic rings. The van der Waals surface area contributed by atoms with Gasteiger partial charge in [-0.25, -0.2) is 8.42 Å². The van der Waals surface area contributed by atoms with Crippen LogP contribution in [0.25, 0.3) is 0 Å². The second-order valence-electron chi connectivity index (χ2n) is 7.26. The molecule has 30 heavy (non-hydrogen) atoms. The highest BCUT2D eigenvalue weighted by atomic mass is 32.2. The van der Waals surface area contributed by atoms with Crippen LogP contribution in [0, 0.1) is 0 Å². The number of ether oxygens (including phenoxy) is 1. The Balaban J connectivity index is 1.74. The van der Waals surface area contributed by atoms with Crippen molar-refractivity contribution in [3.05, 3.63) is 18.2 Å². The Morgan fingerprint density at radius 1 is 1.23 bits per heavy atom. The number of amides is 2. The number of hydrogen-bond donors (Lipinski definition) is 1. The van der Waals surface area contributed by atoms with Crippen LogP contribution in [0.1, 0.15) is 32.6 Å². The van der Waals surface area contributed by atoms with Gasteiger partial charge in [-0.05, 0) is 44.4 Å². The van der Waals surface area contributed by atoms with E-state index in [1.807, 2.05) is 6.92 Å². The highest BCUT2D eigenvalue weighted by Crippen LogP contribution is 2.37. The molecule has 8 nitrogen and oxygen atoms in total. The number of nitrogens with zero attached hydrogens (tertiary/aromatic N) is 2. The van der Waals surface area contributed by atoms with Gasteiger partial charge in [0.2, 0.25) is 21.8 Å². The third-order valence-electron chi connectivity index (χ3n) is 5.12. The smallest absolute Gasteiger partial charge is 0.243 e. The SMILES string of the molecule is CCOCCCNC(=O)CN1C(=O)CSc2ccc(S(=O)(=O)N3CCCCC3)cc21. The predicted octanol–water partition coefficient (Wildman–Crippen LogP) is 1.84. The normalized spacial score (nSPS) is 17.6. The van der Waals surface area contributed by atoms with E-state index in [2.05, 4.69) is 5.32 Å². The van der Waals surface area contributed by atoms with Crippen LogP contribution in [0.2, 0.25) is 0 Å². The number of hydrogen-bond acceptors (Lipinski definition) is 6. The van der Waals surface area contributed by atoms with Gasteiger partial charge in [-0.3, -0.25) is 9.59 Å². The van der Waals surface area contributed by atoms with E-state index < -0.39 is 10.0 Å². The first kappa shape index (κ1) is 23.1. The van der Waals surface area contributed by atoms with Crippen molar-refractivity contribution >= 4 is 39.3 Å². The molecule has 0 spiro atoms.